The van der Waals surface area contributed by atoms with Gasteiger partial charge in [0.2, 0.25) is 0 Å². The average molecular weight is 460 g/mol. The van der Waals surface area contributed by atoms with Gasteiger partial charge in [0.1, 0.15) is 23.2 Å². The molecule has 0 heterocycles. The minimum Gasteiger partial charge on any atom is -0.465 e. The van der Waals surface area contributed by atoms with E-state index in [1.54, 1.807) is 0 Å². The van der Waals surface area contributed by atoms with E-state index < -0.39 is 17.8 Å². The molecule has 4 aromatic rings. The van der Waals surface area contributed by atoms with Gasteiger partial charge in [0, 0.05) is 6.42 Å². The molecule has 0 fully saturated rings. The van der Waals surface area contributed by atoms with Crippen molar-refractivity contribution in [3.8, 4) is 0 Å². The van der Waals surface area contributed by atoms with Crippen LogP contribution in [-0.2, 0) is 16.0 Å². The number of halogens is 1. The Morgan fingerprint density at radius 1 is 0.688 bits per heavy atom. The maximum Gasteiger partial charge on any atom is 0.367 e. The zero-order valence-corrected chi connectivity index (χ0v) is 19.5. The summed E-state index contributed by atoms with van der Waals surface area (Å²) in [5.74, 6) is -0.423. The van der Waals surface area contributed by atoms with Crippen molar-refractivity contribution in [1.82, 2.24) is 0 Å². The number of rotatable bonds is 7. The van der Waals surface area contributed by atoms with Crippen molar-refractivity contribution >= 4 is 40.7 Å². The van der Waals surface area contributed by atoms with Crippen LogP contribution in [0.3, 0.4) is 0 Å². The third kappa shape index (κ3) is 3.86. The number of carbonyl (C=O) groups excluding carboxylic acids is 1. The first kappa shape index (κ1) is 22.3. The summed E-state index contributed by atoms with van der Waals surface area (Å²) in [6, 6.07) is 40.4. The molecule has 0 spiro atoms. The molecule has 0 saturated heterocycles. The van der Waals surface area contributed by atoms with E-state index in [1.807, 2.05) is 84.9 Å². The lowest BCUT2D eigenvalue weighted by Crippen LogP contribution is -2.50. The highest BCUT2D eigenvalue weighted by molar-refractivity contribution is 7.98. The average Bonchev–Trinajstić information content (AvgIpc) is 2.86. The summed E-state index contributed by atoms with van der Waals surface area (Å²) in [6.45, 7) is 0. The third-order valence-corrected chi connectivity index (χ3v) is 11.4. The highest BCUT2D eigenvalue weighted by Gasteiger charge is 2.67. The van der Waals surface area contributed by atoms with Crippen LogP contribution in [0.25, 0.3) is 0 Å². The minimum atomic E-state index is -2.72. The van der Waals surface area contributed by atoms with Crippen LogP contribution in [0, 0.1) is 0 Å². The topological polar surface area (TPSA) is 26.3 Å². The van der Waals surface area contributed by atoms with Gasteiger partial charge in [-0.25, -0.2) is 4.79 Å². The molecule has 0 amide bonds. The summed E-state index contributed by atoms with van der Waals surface area (Å²) in [5, 5.41) is 3.11. The van der Waals surface area contributed by atoms with Crippen molar-refractivity contribution in [3.05, 3.63) is 127 Å². The fraction of sp³-hybridized carbons (Fsp3) is 0.107. The first-order valence-corrected chi connectivity index (χ1v) is 12.7. The maximum atomic E-state index is 13.7. The molecule has 2 nitrogen and oxygen atoms in total. The van der Waals surface area contributed by atoms with Gasteiger partial charge in [-0.15, -0.1) is 0 Å². The van der Waals surface area contributed by atoms with Gasteiger partial charge in [-0.1, -0.05) is 96.5 Å². The largest absolute Gasteiger partial charge is 0.465 e. The van der Waals surface area contributed by atoms with E-state index in [1.165, 1.54) is 7.11 Å². The van der Waals surface area contributed by atoms with Crippen LogP contribution in [0.4, 0.5) is 0 Å². The van der Waals surface area contributed by atoms with Crippen LogP contribution in [0.1, 0.15) is 5.56 Å². The van der Waals surface area contributed by atoms with Crippen LogP contribution < -0.4 is 15.9 Å². The van der Waals surface area contributed by atoms with Gasteiger partial charge >= 0.3 is 5.97 Å². The first-order chi connectivity index (χ1) is 15.6. The fourth-order valence-electron chi connectivity index (χ4n) is 4.37. The summed E-state index contributed by atoms with van der Waals surface area (Å²) in [5.41, 5.74) is 0.986. The van der Waals surface area contributed by atoms with Crippen molar-refractivity contribution in [3.63, 3.8) is 0 Å². The van der Waals surface area contributed by atoms with E-state index in [0.717, 1.165) is 21.5 Å². The van der Waals surface area contributed by atoms with E-state index in [-0.39, 0.29) is 0 Å². The normalized spacial score (nSPS) is 13.2. The summed E-state index contributed by atoms with van der Waals surface area (Å²) < 4.78 is 4.07. The van der Waals surface area contributed by atoms with Gasteiger partial charge in [0.25, 0.3) is 4.62 Å². The Morgan fingerprint density at radius 3 is 1.38 bits per heavy atom. The van der Waals surface area contributed by atoms with Gasteiger partial charge < -0.3 is 4.74 Å². The zero-order valence-electron chi connectivity index (χ0n) is 17.9. The SMILES string of the molecule is COC(=O)C(Cl)(Cc1ccccc1)[P+](c1ccccc1)(c1ccccc1)c1ccccc1. The Balaban J connectivity index is 2.12. The second kappa shape index (κ2) is 9.69. The maximum absolute atomic E-state index is 13.7. The molecule has 4 heteroatoms. The number of carbonyl (C=O) groups is 1. The molecule has 0 aromatic heterocycles. The Labute approximate surface area is 195 Å². The van der Waals surface area contributed by atoms with Crippen molar-refractivity contribution in [1.29, 1.82) is 0 Å². The molecule has 1 atom stereocenters. The smallest absolute Gasteiger partial charge is 0.367 e. The van der Waals surface area contributed by atoms with Gasteiger partial charge in [-0.3, -0.25) is 0 Å². The predicted molar refractivity (Wildman–Crippen MR) is 136 cm³/mol. The number of ether oxygens (including phenoxy) is 1. The number of benzene rings is 4. The van der Waals surface area contributed by atoms with Gasteiger partial charge in [-0.05, 0) is 42.0 Å². The van der Waals surface area contributed by atoms with E-state index in [2.05, 4.69) is 36.4 Å². The molecule has 160 valence electrons. The Bertz CT molecular complexity index is 1050. The van der Waals surface area contributed by atoms with Gasteiger partial charge in [0.15, 0.2) is 0 Å². The molecule has 0 aliphatic rings. The van der Waals surface area contributed by atoms with Crippen LogP contribution >= 0.6 is 18.9 Å². The molecule has 4 rings (SSSR count). The highest BCUT2D eigenvalue weighted by Crippen LogP contribution is 2.69. The van der Waals surface area contributed by atoms with Gasteiger partial charge in [0.05, 0.1) is 7.11 Å². The van der Waals surface area contributed by atoms with Crippen LogP contribution in [0.15, 0.2) is 121 Å². The molecular formula is C28H25ClO2P+. The standard InChI is InChI=1S/C28H25ClO2P/c1-31-27(30)28(29,22-23-14-6-2-7-15-23)32(24-16-8-3-9-17-24,25-18-10-4-11-19-25)26-20-12-5-13-21-26/h2-21H,22H2,1H3/q+1. The van der Waals surface area contributed by atoms with Crippen LogP contribution in [0.2, 0.25) is 0 Å². The predicted octanol–water partition coefficient (Wildman–Crippen LogP) is 5.33. The lowest BCUT2D eigenvalue weighted by atomic mass is 10.1. The van der Waals surface area contributed by atoms with Crippen LogP contribution in [0.5, 0.6) is 0 Å². The Morgan fingerprint density at radius 2 is 1.03 bits per heavy atom. The summed E-state index contributed by atoms with van der Waals surface area (Å²) >= 11 is 7.63. The van der Waals surface area contributed by atoms with Crippen molar-refractivity contribution in [2.45, 2.75) is 11.0 Å². The second-order valence-corrected chi connectivity index (χ2v) is 12.2. The summed E-state index contributed by atoms with van der Waals surface area (Å²) in [6.07, 6.45) is 0.342. The van der Waals surface area contributed by atoms with Crippen molar-refractivity contribution in [2.75, 3.05) is 7.11 Å². The van der Waals surface area contributed by atoms with Gasteiger partial charge in [-0.2, -0.15) is 0 Å². The molecular weight excluding hydrogens is 435 g/mol. The molecule has 0 aliphatic carbocycles. The van der Waals surface area contributed by atoms with E-state index in [0.29, 0.717) is 6.42 Å². The number of esters is 1. The van der Waals surface area contributed by atoms with E-state index >= 15 is 0 Å². The summed E-state index contributed by atoms with van der Waals surface area (Å²) in [7, 11) is -1.31. The van der Waals surface area contributed by atoms with Crippen LogP contribution in [-0.4, -0.2) is 17.7 Å². The minimum absolute atomic E-state index is 0.342. The quantitative estimate of drug-likeness (QED) is 0.212. The zero-order chi connectivity index (χ0) is 22.4. The third-order valence-electron chi connectivity index (χ3n) is 5.74. The van der Waals surface area contributed by atoms with Crippen molar-refractivity contribution < 1.29 is 9.53 Å². The Kier molecular flexibility index (Phi) is 6.74. The Hall–Kier alpha value is -2.93. The molecule has 0 bridgehead atoms. The molecule has 0 N–H and O–H groups in total. The monoisotopic (exact) mass is 459 g/mol. The molecule has 32 heavy (non-hydrogen) atoms. The van der Waals surface area contributed by atoms with Crippen molar-refractivity contribution in [2.24, 2.45) is 0 Å². The molecule has 4 aromatic carbocycles. The van der Waals surface area contributed by atoms with E-state index in [4.69, 9.17) is 16.3 Å². The lowest BCUT2D eigenvalue weighted by molar-refractivity contribution is -0.141. The molecule has 0 aliphatic heterocycles. The lowest BCUT2D eigenvalue weighted by Gasteiger charge is -2.38. The highest BCUT2D eigenvalue weighted by atomic mass is 35.5. The number of hydrogen-bond donors (Lipinski definition) is 0. The molecule has 1 unspecified atom stereocenters. The number of methoxy groups -OCH3 is 1. The summed E-state index contributed by atoms with van der Waals surface area (Å²) in [4.78, 5) is 13.7. The fourth-order valence-corrected chi connectivity index (χ4v) is 10.2. The first-order valence-electron chi connectivity index (χ1n) is 10.5. The number of hydrogen-bond acceptors (Lipinski definition) is 2. The number of alkyl halides is 1. The molecule has 0 saturated carbocycles. The second-order valence-electron chi connectivity index (χ2n) is 7.59. The molecule has 0 radical (unpaired) electrons. The van der Waals surface area contributed by atoms with E-state index in [9.17, 15) is 4.79 Å².